The van der Waals surface area contributed by atoms with Gasteiger partial charge in [0.05, 0.1) is 0 Å². The van der Waals surface area contributed by atoms with Gasteiger partial charge in [-0.25, -0.2) is 4.79 Å². The maximum Gasteiger partial charge on any atom is 0.326 e. The summed E-state index contributed by atoms with van der Waals surface area (Å²) >= 11 is 3.29. The van der Waals surface area contributed by atoms with Crippen LogP contribution in [0.1, 0.15) is 12.8 Å². The number of aliphatic carboxylic acids is 1. The number of carboxylic acid groups (broad SMARTS) is 1. The Balaban J connectivity index is 2.39. The lowest BCUT2D eigenvalue weighted by Crippen LogP contribution is -2.43. The van der Waals surface area contributed by atoms with Crippen molar-refractivity contribution in [2.45, 2.75) is 18.9 Å². The summed E-state index contributed by atoms with van der Waals surface area (Å²) in [7, 11) is 1.54. The van der Waals surface area contributed by atoms with Gasteiger partial charge in [0.15, 0.2) is 6.61 Å². The van der Waals surface area contributed by atoms with Crippen LogP contribution in [0.15, 0.2) is 28.7 Å². The second kappa shape index (κ2) is 9.36. The van der Waals surface area contributed by atoms with E-state index >= 15 is 0 Å². The number of carbonyl (C=O) groups excluding carboxylic acids is 1. The van der Waals surface area contributed by atoms with Gasteiger partial charge in [-0.1, -0.05) is 15.9 Å². The Morgan fingerprint density at radius 1 is 1.33 bits per heavy atom. The minimum Gasteiger partial charge on any atom is -0.484 e. The van der Waals surface area contributed by atoms with Crippen LogP contribution in [0.5, 0.6) is 5.75 Å². The molecule has 0 saturated heterocycles. The van der Waals surface area contributed by atoms with Gasteiger partial charge in [-0.15, -0.1) is 0 Å². The lowest BCUT2D eigenvalue weighted by molar-refractivity contribution is -0.142. The molecule has 0 aromatic heterocycles. The van der Waals surface area contributed by atoms with Crippen LogP contribution in [-0.2, 0) is 14.3 Å². The van der Waals surface area contributed by atoms with E-state index < -0.39 is 17.9 Å². The number of amides is 1. The average molecular weight is 360 g/mol. The van der Waals surface area contributed by atoms with Crippen molar-refractivity contribution < 1.29 is 24.2 Å². The Labute approximate surface area is 131 Å². The highest BCUT2D eigenvalue weighted by molar-refractivity contribution is 9.10. The minimum atomic E-state index is -1.07. The predicted molar refractivity (Wildman–Crippen MR) is 80.3 cm³/mol. The molecular formula is C14H18BrNO5. The van der Waals surface area contributed by atoms with Crippen LogP contribution in [0.25, 0.3) is 0 Å². The summed E-state index contributed by atoms with van der Waals surface area (Å²) in [6, 6.07) is 6.08. The molecule has 0 saturated carbocycles. The van der Waals surface area contributed by atoms with Crippen LogP contribution in [0.3, 0.4) is 0 Å². The van der Waals surface area contributed by atoms with E-state index in [2.05, 4.69) is 21.2 Å². The van der Waals surface area contributed by atoms with Crippen molar-refractivity contribution in [2.75, 3.05) is 20.3 Å². The summed E-state index contributed by atoms with van der Waals surface area (Å²) in [6.45, 7) is 0.227. The van der Waals surface area contributed by atoms with Crippen molar-refractivity contribution in [3.05, 3.63) is 28.7 Å². The first-order valence-electron chi connectivity index (χ1n) is 6.42. The molecule has 0 bridgehead atoms. The molecule has 7 heteroatoms. The summed E-state index contributed by atoms with van der Waals surface area (Å²) in [6.07, 6.45) is 0.870. The SMILES string of the molecule is COCCCC(NC(=O)COc1ccc(Br)cc1)C(=O)O. The highest BCUT2D eigenvalue weighted by Crippen LogP contribution is 2.15. The molecule has 0 spiro atoms. The summed E-state index contributed by atoms with van der Waals surface area (Å²) in [5.74, 6) is -0.995. The van der Waals surface area contributed by atoms with E-state index in [1.807, 2.05) is 0 Å². The van der Waals surface area contributed by atoms with E-state index in [4.69, 9.17) is 14.6 Å². The number of hydrogen-bond donors (Lipinski definition) is 2. The van der Waals surface area contributed by atoms with E-state index in [1.165, 1.54) is 0 Å². The summed E-state index contributed by atoms with van der Waals surface area (Å²) < 4.78 is 11.0. The number of ether oxygens (including phenoxy) is 2. The van der Waals surface area contributed by atoms with Crippen molar-refractivity contribution in [1.82, 2.24) is 5.32 Å². The van der Waals surface area contributed by atoms with E-state index in [-0.39, 0.29) is 6.61 Å². The number of carbonyl (C=O) groups is 2. The van der Waals surface area contributed by atoms with Crippen molar-refractivity contribution in [3.63, 3.8) is 0 Å². The average Bonchev–Trinajstić information content (AvgIpc) is 2.45. The van der Waals surface area contributed by atoms with Crippen LogP contribution in [0.4, 0.5) is 0 Å². The maximum atomic E-state index is 11.7. The first-order chi connectivity index (χ1) is 10.0. The second-order valence-corrected chi connectivity index (χ2v) is 5.25. The molecular weight excluding hydrogens is 342 g/mol. The van der Waals surface area contributed by atoms with E-state index in [0.29, 0.717) is 25.2 Å². The monoisotopic (exact) mass is 359 g/mol. The second-order valence-electron chi connectivity index (χ2n) is 4.34. The smallest absolute Gasteiger partial charge is 0.326 e. The zero-order valence-electron chi connectivity index (χ0n) is 11.7. The van der Waals surface area contributed by atoms with E-state index in [9.17, 15) is 9.59 Å². The zero-order chi connectivity index (χ0) is 15.7. The summed E-state index contributed by atoms with van der Waals surface area (Å²) in [5.41, 5.74) is 0. The maximum absolute atomic E-state index is 11.7. The number of methoxy groups -OCH3 is 1. The Morgan fingerprint density at radius 2 is 2.00 bits per heavy atom. The first-order valence-corrected chi connectivity index (χ1v) is 7.21. The molecule has 21 heavy (non-hydrogen) atoms. The third-order valence-electron chi connectivity index (χ3n) is 2.66. The van der Waals surface area contributed by atoms with Crippen LogP contribution in [0, 0.1) is 0 Å². The highest BCUT2D eigenvalue weighted by Gasteiger charge is 2.19. The molecule has 0 aliphatic rings. The molecule has 1 unspecified atom stereocenters. The number of nitrogens with one attached hydrogen (secondary N) is 1. The largest absolute Gasteiger partial charge is 0.484 e. The third-order valence-corrected chi connectivity index (χ3v) is 3.19. The quantitative estimate of drug-likeness (QED) is 0.657. The Kier molecular flexibility index (Phi) is 7.78. The van der Waals surface area contributed by atoms with Crippen LogP contribution in [0.2, 0.25) is 0 Å². The lowest BCUT2D eigenvalue weighted by atomic mass is 10.1. The van der Waals surface area contributed by atoms with Gasteiger partial charge in [0.25, 0.3) is 5.91 Å². The molecule has 1 aromatic carbocycles. The molecule has 1 rings (SSSR count). The van der Waals surface area contributed by atoms with E-state index in [1.54, 1.807) is 31.4 Å². The topological polar surface area (TPSA) is 84.9 Å². The molecule has 6 nitrogen and oxygen atoms in total. The Morgan fingerprint density at radius 3 is 2.57 bits per heavy atom. The molecule has 2 N–H and O–H groups in total. The van der Waals surface area contributed by atoms with Crippen molar-refractivity contribution in [3.8, 4) is 5.75 Å². The van der Waals surface area contributed by atoms with E-state index in [0.717, 1.165) is 4.47 Å². The van der Waals surface area contributed by atoms with Gasteiger partial charge in [-0.3, -0.25) is 4.79 Å². The van der Waals surface area contributed by atoms with Gasteiger partial charge in [0.1, 0.15) is 11.8 Å². The van der Waals surface area contributed by atoms with Crippen LogP contribution in [-0.4, -0.2) is 43.3 Å². The predicted octanol–water partition coefficient (Wildman–Crippen LogP) is 1.82. The first kappa shape index (κ1) is 17.5. The van der Waals surface area contributed by atoms with Crippen molar-refractivity contribution in [2.24, 2.45) is 0 Å². The Hall–Kier alpha value is -1.60. The Bertz CT molecular complexity index is 463. The lowest BCUT2D eigenvalue weighted by Gasteiger charge is -2.14. The fourth-order valence-electron chi connectivity index (χ4n) is 1.60. The standard InChI is InChI=1S/C14H18BrNO5/c1-20-8-2-3-12(14(18)19)16-13(17)9-21-11-6-4-10(15)5-7-11/h4-7,12H,2-3,8-9H2,1H3,(H,16,17)(H,18,19). The van der Waals surface area contributed by atoms with Gasteiger partial charge in [0, 0.05) is 18.2 Å². The van der Waals surface area contributed by atoms with Crippen LogP contribution < -0.4 is 10.1 Å². The zero-order valence-corrected chi connectivity index (χ0v) is 13.3. The fourth-order valence-corrected chi connectivity index (χ4v) is 1.87. The molecule has 0 radical (unpaired) electrons. The number of halogens is 1. The van der Waals surface area contributed by atoms with Gasteiger partial charge >= 0.3 is 5.97 Å². The molecule has 0 aliphatic carbocycles. The van der Waals surface area contributed by atoms with Crippen LogP contribution >= 0.6 is 15.9 Å². The number of rotatable bonds is 9. The molecule has 0 heterocycles. The molecule has 0 fully saturated rings. The molecule has 1 atom stereocenters. The fraction of sp³-hybridized carbons (Fsp3) is 0.429. The van der Waals surface area contributed by atoms with Gasteiger partial charge < -0.3 is 19.9 Å². The molecule has 116 valence electrons. The third kappa shape index (κ3) is 7.10. The number of carboxylic acids is 1. The minimum absolute atomic E-state index is 0.226. The van der Waals surface area contributed by atoms with Crippen molar-refractivity contribution >= 4 is 27.8 Å². The van der Waals surface area contributed by atoms with Crippen molar-refractivity contribution in [1.29, 1.82) is 0 Å². The normalized spacial score (nSPS) is 11.7. The van der Waals surface area contributed by atoms with Gasteiger partial charge in [-0.2, -0.15) is 0 Å². The number of benzene rings is 1. The highest BCUT2D eigenvalue weighted by atomic mass is 79.9. The van der Waals surface area contributed by atoms with Gasteiger partial charge in [0.2, 0.25) is 0 Å². The molecule has 1 aromatic rings. The molecule has 1 amide bonds. The number of hydrogen-bond acceptors (Lipinski definition) is 4. The van der Waals surface area contributed by atoms with Gasteiger partial charge in [-0.05, 0) is 37.1 Å². The summed E-state index contributed by atoms with van der Waals surface area (Å²) in [4.78, 5) is 22.7. The molecule has 0 aliphatic heterocycles. The summed E-state index contributed by atoms with van der Waals surface area (Å²) in [5, 5.41) is 11.5.